The first kappa shape index (κ1) is 18.1. The number of guanidine groups is 1. The molecule has 1 heterocycles. The third-order valence-corrected chi connectivity index (χ3v) is 5.15. The van der Waals surface area contributed by atoms with Gasteiger partial charge in [-0.25, -0.2) is 0 Å². The summed E-state index contributed by atoms with van der Waals surface area (Å²) in [5.41, 5.74) is 5.36. The molecule has 0 aromatic carbocycles. The van der Waals surface area contributed by atoms with Gasteiger partial charge in [0.15, 0.2) is 5.96 Å². The fourth-order valence-electron chi connectivity index (χ4n) is 4.00. The lowest BCUT2D eigenvalue weighted by Crippen LogP contribution is -2.47. The van der Waals surface area contributed by atoms with Crippen LogP contribution in [0.5, 0.6) is 0 Å². The largest absolute Gasteiger partial charge is 0.370 e. The average molecular weight is 322 g/mol. The molecule has 2 fully saturated rings. The highest BCUT2D eigenvalue weighted by atomic mass is 16.1. The molecule has 2 rings (SSSR count). The van der Waals surface area contributed by atoms with Crippen LogP contribution in [0.2, 0.25) is 0 Å². The number of piperidine rings is 1. The number of aliphatic imine (C=N–C) groups is 1. The molecule has 0 spiro atoms. The third kappa shape index (κ3) is 6.40. The van der Waals surface area contributed by atoms with Crippen LogP contribution in [0, 0.1) is 11.8 Å². The molecule has 2 aliphatic rings. The summed E-state index contributed by atoms with van der Waals surface area (Å²) in [4.78, 5) is 18.3. The number of likely N-dealkylation sites (tertiary alicyclic amines) is 1. The summed E-state index contributed by atoms with van der Waals surface area (Å²) in [6, 6.07) is 0. The monoisotopic (exact) mass is 322 g/mol. The van der Waals surface area contributed by atoms with Crippen LogP contribution < -0.4 is 11.1 Å². The van der Waals surface area contributed by atoms with Crippen LogP contribution in [0.3, 0.4) is 0 Å². The lowest BCUT2D eigenvalue weighted by molar-refractivity contribution is -0.119. The minimum Gasteiger partial charge on any atom is -0.370 e. The van der Waals surface area contributed by atoms with Gasteiger partial charge >= 0.3 is 0 Å². The molecule has 0 bridgehead atoms. The Bertz CT molecular complexity index is 390. The van der Waals surface area contributed by atoms with E-state index < -0.39 is 0 Å². The predicted molar refractivity (Wildman–Crippen MR) is 95.3 cm³/mol. The van der Waals surface area contributed by atoms with Gasteiger partial charge in [-0.1, -0.05) is 25.7 Å². The van der Waals surface area contributed by atoms with E-state index in [-0.39, 0.29) is 5.91 Å². The van der Waals surface area contributed by atoms with Crippen LogP contribution in [0.4, 0.5) is 0 Å². The van der Waals surface area contributed by atoms with Crippen molar-refractivity contribution in [2.24, 2.45) is 22.6 Å². The van der Waals surface area contributed by atoms with E-state index in [4.69, 9.17) is 10.7 Å². The Morgan fingerprint density at radius 1 is 1.22 bits per heavy atom. The molecule has 3 N–H and O–H groups in total. The Hall–Kier alpha value is -1.26. The van der Waals surface area contributed by atoms with E-state index in [1.807, 2.05) is 0 Å². The number of nitrogens with one attached hydrogen (secondary N) is 1. The minimum atomic E-state index is -0.185. The number of hydrogen-bond donors (Lipinski definition) is 2. The van der Waals surface area contributed by atoms with E-state index in [2.05, 4.69) is 17.1 Å². The lowest BCUT2D eigenvalue weighted by Gasteiger charge is -2.34. The summed E-state index contributed by atoms with van der Waals surface area (Å²) >= 11 is 0. The topological polar surface area (TPSA) is 70.7 Å². The molecule has 5 nitrogen and oxygen atoms in total. The number of nitrogens with zero attached hydrogens (tertiary/aromatic N) is 2. The quantitative estimate of drug-likeness (QED) is 0.430. The Balaban J connectivity index is 1.80. The highest BCUT2D eigenvalue weighted by Gasteiger charge is 2.23. The number of primary amides is 1. The Morgan fingerprint density at radius 3 is 2.65 bits per heavy atom. The minimum absolute atomic E-state index is 0.185. The summed E-state index contributed by atoms with van der Waals surface area (Å²) in [5.74, 6) is 2.16. The van der Waals surface area contributed by atoms with Gasteiger partial charge < -0.3 is 16.0 Å². The molecule has 23 heavy (non-hydrogen) atoms. The maximum Gasteiger partial charge on any atom is 0.217 e. The number of hydrogen-bond acceptors (Lipinski definition) is 2. The molecular weight excluding hydrogens is 288 g/mol. The average Bonchev–Trinajstić information content (AvgIpc) is 3.03. The molecule has 1 atom stereocenters. The molecule has 0 aromatic heterocycles. The van der Waals surface area contributed by atoms with Gasteiger partial charge in [0.05, 0.1) is 0 Å². The second-order valence-electron chi connectivity index (χ2n) is 7.15. The van der Waals surface area contributed by atoms with Gasteiger partial charge in [0.1, 0.15) is 0 Å². The molecule has 5 heteroatoms. The standard InChI is InChI=1S/C18H34N4O/c1-2-20-18(21-11-5-9-15-7-3-4-8-15)22-12-6-10-16(14-22)13-17(19)23/h15-16H,2-14H2,1H3,(H2,19,23)(H,20,21). The van der Waals surface area contributed by atoms with E-state index in [1.165, 1.54) is 38.5 Å². The molecule has 0 radical (unpaired) electrons. The zero-order valence-corrected chi connectivity index (χ0v) is 14.7. The summed E-state index contributed by atoms with van der Waals surface area (Å²) in [6.45, 7) is 5.84. The van der Waals surface area contributed by atoms with Gasteiger partial charge in [0, 0.05) is 32.6 Å². The van der Waals surface area contributed by atoms with Crippen molar-refractivity contribution >= 4 is 11.9 Å². The normalized spacial score (nSPS) is 23.3. The van der Waals surface area contributed by atoms with Gasteiger partial charge in [-0.3, -0.25) is 9.79 Å². The third-order valence-electron chi connectivity index (χ3n) is 5.15. The van der Waals surface area contributed by atoms with E-state index in [0.29, 0.717) is 12.3 Å². The van der Waals surface area contributed by atoms with Crippen LogP contribution in [0.15, 0.2) is 4.99 Å². The van der Waals surface area contributed by atoms with Gasteiger partial charge in [0.2, 0.25) is 5.91 Å². The maximum absolute atomic E-state index is 11.2. The van der Waals surface area contributed by atoms with Crippen molar-refractivity contribution in [3.63, 3.8) is 0 Å². The number of carbonyl (C=O) groups is 1. The summed E-state index contributed by atoms with van der Waals surface area (Å²) in [5, 5.41) is 3.41. The van der Waals surface area contributed by atoms with Crippen LogP contribution in [0.25, 0.3) is 0 Å². The fraction of sp³-hybridized carbons (Fsp3) is 0.889. The van der Waals surface area contributed by atoms with Crippen LogP contribution >= 0.6 is 0 Å². The fourth-order valence-corrected chi connectivity index (χ4v) is 4.00. The van der Waals surface area contributed by atoms with Crippen molar-refractivity contribution in [1.82, 2.24) is 10.2 Å². The maximum atomic E-state index is 11.2. The first-order valence-electron chi connectivity index (χ1n) is 9.50. The SMILES string of the molecule is CCNC(=NCCCC1CCCC1)N1CCCC(CC(N)=O)C1. The van der Waals surface area contributed by atoms with Gasteiger partial charge in [-0.2, -0.15) is 0 Å². The smallest absolute Gasteiger partial charge is 0.217 e. The highest BCUT2D eigenvalue weighted by molar-refractivity contribution is 5.80. The van der Waals surface area contributed by atoms with Crippen molar-refractivity contribution in [3.05, 3.63) is 0 Å². The molecule has 0 aromatic rings. The highest BCUT2D eigenvalue weighted by Crippen LogP contribution is 2.28. The van der Waals surface area contributed by atoms with Gasteiger partial charge in [0.25, 0.3) is 0 Å². The van der Waals surface area contributed by atoms with E-state index in [1.54, 1.807) is 0 Å². The lowest BCUT2D eigenvalue weighted by atomic mass is 9.95. The molecular formula is C18H34N4O. The van der Waals surface area contributed by atoms with E-state index >= 15 is 0 Å². The predicted octanol–water partition coefficient (Wildman–Crippen LogP) is 2.51. The molecule has 1 amide bonds. The molecule has 1 saturated carbocycles. The second-order valence-corrected chi connectivity index (χ2v) is 7.15. The molecule has 1 unspecified atom stereocenters. The first-order chi connectivity index (χ1) is 11.2. The molecule has 132 valence electrons. The number of amides is 1. The second kappa shape index (κ2) is 9.78. The zero-order valence-electron chi connectivity index (χ0n) is 14.7. The van der Waals surface area contributed by atoms with Crippen molar-refractivity contribution in [2.75, 3.05) is 26.2 Å². The van der Waals surface area contributed by atoms with E-state index in [0.717, 1.165) is 50.9 Å². The van der Waals surface area contributed by atoms with E-state index in [9.17, 15) is 4.79 Å². The Kier molecular flexibility index (Phi) is 7.69. The van der Waals surface area contributed by atoms with Gasteiger partial charge in [-0.05, 0) is 44.4 Å². The van der Waals surface area contributed by atoms with Crippen molar-refractivity contribution < 1.29 is 4.79 Å². The van der Waals surface area contributed by atoms with Crippen molar-refractivity contribution in [1.29, 1.82) is 0 Å². The Labute approximate surface area is 141 Å². The number of rotatable bonds is 7. The molecule has 1 aliphatic carbocycles. The zero-order chi connectivity index (χ0) is 16.5. The Morgan fingerprint density at radius 2 is 1.96 bits per heavy atom. The first-order valence-corrected chi connectivity index (χ1v) is 9.50. The molecule has 1 saturated heterocycles. The number of nitrogens with two attached hydrogens (primary N) is 1. The van der Waals surface area contributed by atoms with Crippen LogP contribution in [-0.2, 0) is 4.79 Å². The van der Waals surface area contributed by atoms with Crippen molar-refractivity contribution in [3.8, 4) is 0 Å². The number of carbonyl (C=O) groups excluding carboxylic acids is 1. The summed E-state index contributed by atoms with van der Waals surface area (Å²) in [7, 11) is 0. The molecule has 1 aliphatic heterocycles. The van der Waals surface area contributed by atoms with Gasteiger partial charge in [-0.15, -0.1) is 0 Å². The summed E-state index contributed by atoms with van der Waals surface area (Å²) in [6.07, 6.45) is 10.9. The van der Waals surface area contributed by atoms with Crippen molar-refractivity contribution in [2.45, 2.75) is 64.7 Å². The summed E-state index contributed by atoms with van der Waals surface area (Å²) < 4.78 is 0. The van der Waals surface area contributed by atoms with Crippen LogP contribution in [0.1, 0.15) is 64.7 Å². The van der Waals surface area contributed by atoms with Crippen LogP contribution in [-0.4, -0.2) is 42.9 Å².